The quantitative estimate of drug-likeness (QED) is 0.832. The van der Waals surface area contributed by atoms with Gasteiger partial charge >= 0.3 is 0 Å². The largest absolute Gasteiger partial charge is 0.361 e. The molecule has 3 rings (SSSR count). The summed E-state index contributed by atoms with van der Waals surface area (Å²) < 4.78 is 0. The first kappa shape index (κ1) is 12.3. The number of benzene rings is 1. The topological polar surface area (TPSA) is 36.1 Å². The van der Waals surface area contributed by atoms with E-state index >= 15 is 0 Å². The molecule has 0 bridgehead atoms. The van der Waals surface area contributed by atoms with Crippen LogP contribution in [0.15, 0.2) is 30.5 Å². The molecule has 2 heterocycles. The number of hydrogen-bond acceptors (Lipinski definition) is 1. The van der Waals surface area contributed by atoms with Crippen molar-refractivity contribution in [3.05, 3.63) is 36.0 Å². The Hall–Kier alpha value is -1.77. The van der Waals surface area contributed by atoms with Crippen molar-refractivity contribution < 1.29 is 4.79 Å². The van der Waals surface area contributed by atoms with Gasteiger partial charge in [0, 0.05) is 34.7 Å². The van der Waals surface area contributed by atoms with Crippen LogP contribution in [0.3, 0.4) is 0 Å². The summed E-state index contributed by atoms with van der Waals surface area (Å²) >= 11 is 0. The highest BCUT2D eigenvalue weighted by Crippen LogP contribution is 2.25. The third kappa shape index (κ3) is 2.14. The molecule has 1 N–H and O–H groups in total. The standard InChI is InChI=1S/C16H20N2O/c1-11-4-3-5-12(2)18(11)16(19)14-6-7-15-13(10-14)8-9-17-15/h6-12,17H,3-5H2,1-2H3. The number of rotatable bonds is 1. The first-order valence-corrected chi connectivity index (χ1v) is 7.06. The fourth-order valence-corrected chi connectivity index (χ4v) is 3.16. The second-order valence-corrected chi connectivity index (χ2v) is 5.62. The average molecular weight is 256 g/mol. The first-order valence-electron chi connectivity index (χ1n) is 7.06. The lowest BCUT2D eigenvalue weighted by Crippen LogP contribution is -2.47. The van der Waals surface area contributed by atoms with Crippen LogP contribution in [0.4, 0.5) is 0 Å². The number of carbonyl (C=O) groups excluding carboxylic acids is 1. The maximum Gasteiger partial charge on any atom is 0.254 e. The van der Waals surface area contributed by atoms with Gasteiger partial charge in [-0.2, -0.15) is 0 Å². The number of amides is 1. The molecule has 1 aromatic heterocycles. The Kier molecular flexibility index (Phi) is 3.05. The fraction of sp³-hybridized carbons (Fsp3) is 0.438. The number of nitrogens with zero attached hydrogens (tertiary/aromatic N) is 1. The van der Waals surface area contributed by atoms with Crippen LogP contribution < -0.4 is 0 Å². The average Bonchev–Trinajstić information content (AvgIpc) is 2.85. The normalized spacial score (nSPS) is 23.8. The number of aromatic nitrogens is 1. The number of nitrogens with one attached hydrogen (secondary N) is 1. The zero-order valence-electron chi connectivity index (χ0n) is 11.5. The molecule has 100 valence electrons. The summed E-state index contributed by atoms with van der Waals surface area (Å²) in [5, 5.41) is 1.10. The maximum absolute atomic E-state index is 12.7. The van der Waals surface area contributed by atoms with Gasteiger partial charge in [0.05, 0.1) is 0 Å². The van der Waals surface area contributed by atoms with Crippen molar-refractivity contribution in [3.63, 3.8) is 0 Å². The molecule has 1 aliphatic heterocycles. The molecule has 0 aliphatic carbocycles. The third-order valence-electron chi connectivity index (χ3n) is 4.23. The van der Waals surface area contributed by atoms with Gasteiger partial charge in [-0.05, 0) is 57.4 Å². The van der Waals surface area contributed by atoms with Gasteiger partial charge in [-0.25, -0.2) is 0 Å². The smallest absolute Gasteiger partial charge is 0.254 e. The van der Waals surface area contributed by atoms with E-state index in [2.05, 4.69) is 23.7 Å². The van der Waals surface area contributed by atoms with Crippen molar-refractivity contribution in [1.29, 1.82) is 0 Å². The summed E-state index contributed by atoms with van der Waals surface area (Å²) in [6.45, 7) is 4.31. The number of aromatic amines is 1. The van der Waals surface area contributed by atoms with Crippen LogP contribution in [0.2, 0.25) is 0 Å². The van der Waals surface area contributed by atoms with E-state index in [0.29, 0.717) is 12.1 Å². The van der Waals surface area contributed by atoms with E-state index in [9.17, 15) is 4.79 Å². The zero-order chi connectivity index (χ0) is 13.4. The minimum Gasteiger partial charge on any atom is -0.361 e. The van der Waals surface area contributed by atoms with E-state index in [1.54, 1.807) is 0 Å². The van der Waals surface area contributed by atoms with Crippen molar-refractivity contribution in [2.75, 3.05) is 0 Å². The van der Waals surface area contributed by atoms with Gasteiger partial charge < -0.3 is 9.88 Å². The maximum atomic E-state index is 12.7. The van der Waals surface area contributed by atoms with Gasteiger partial charge in [-0.1, -0.05) is 0 Å². The van der Waals surface area contributed by atoms with Gasteiger partial charge in [0.1, 0.15) is 0 Å². The highest BCUT2D eigenvalue weighted by atomic mass is 16.2. The van der Waals surface area contributed by atoms with Crippen LogP contribution in [0.25, 0.3) is 10.9 Å². The molecule has 2 aromatic rings. The number of likely N-dealkylation sites (tertiary alicyclic amines) is 1. The minimum absolute atomic E-state index is 0.169. The molecular weight excluding hydrogens is 236 g/mol. The molecule has 2 atom stereocenters. The number of piperidine rings is 1. The van der Waals surface area contributed by atoms with E-state index < -0.39 is 0 Å². The molecule has 1 aliphatic rings. The van der Waals surface area contributed by atoms with Gasteiger partial charge in [-0.15, -0.1) is 0 Å². The fourth-order valence-electron chi connectivity index (χ4n) is 3.16. The third-order valence-corrected chi connectivity index (χ3v) is 4.23. The van der Waals surface area contributed by atoms with Gasteiger partial charge in [-0.3, -0.25) is 4.79 Å². The van der Waals surface area contributed by atoms with Crippen LogP contribution in [-0.2, 0) is 0 Å². The molecule has 3 heteroatoms. The van der Waals surface area contributed by atoms with Crippen molar-refractivity contribution in [1.82, 2.24) is 9.88 Å². The summed E-state index contributed by atoms with van der Waals surface area (Å²) in [5.74, 6) is 0.169. The Morgan fingerprint density at radius 3 is 2.68 bits per heavy atom. The summed E-state index contributed by atoms with van der Waals surface area (Å²) in [7, 11) is 0. The Labute approximate surface area is 113 Å². The molecule has 1 fully saturated rings. The molecule has 1 aromatic carbocycles. The molecule has 0 spiro atoms. The summed E-state index contributed by atoms with van der Waals surface area (Å²) in [4.78, 5) is 17.9. The predicted molar refractivity (Wildman–Crippen MR) is 77.2 cm³/mol. The van der Waals surface area contributed by atoms with Gasteiger partial charge in [0.25, 0.3) is 5.91 Å². The van der Waals surface area contributed by atoms with Crippen LogP contribution >= 0.6 is 0 Å². The van der Waals surface area contributed by atoms with Crippen LogP contribution in [0.1, 0.15) is 43.5 Å². The second kappa shape index (κ2) is 4.72. The Morgan fingerprint density at radius 2 is 1.95 bits per heavy atom. The Bertz CT molecular complexity index is 592. The molecular formula is C16H20N2O. The molecule has 1 amide bonds. The lowest BCUT2D eigenvalue weighted by atomic mass is 9.96. The second-order valence-electron chi connectivity index (χ2n) is 5.62. The van der Waals surface area contributed by atoms with E-state index in [-0.39, 0.29) is 5.91 Å². The molecule has 1 saturated heterocycles. The minimum atomic E-state index is 0.169. The Balaban J connectivity index is 1.93. The van der Waals surface area contributed by atoms with Crippen molar-refractivity contribution in [2.24, 2.45) is 0 Å². The molecule has 19 heavy (non-hydrogen) atoms. The SMILES string of the molecule is CC1CCCC(C)N1C(=O)c1ccc2[nH]ccc2c1. The lowest BCUT2D eigenvalue weighted by molar-refractivity contribution is 0.0511. The van der Waals surface area contributed by atoms with Gasteiger partial charge in [0.15, 0.2) is 0 Å². The van der Waals surface area contributed by atoms with E-state index in [1.165, 1.54) is 6.42 Å². The van der Waals surface area contributed by atoms with Crippen LogP contribution in [-0.4, -0.2) is 27.9 Å². The Morgan fingerprint density at radius 1 is 1.21 bits per heavy atom. The summed E-state index contributed by atoms with van der Waals surface area (Å²) in [5.41, 5.74) is 1.88. The van der Waals surface area contributed by atoms with Crippen LogP contribution in [0.5, 0.6) is 0 Å². The predicted octanol–water partition coefficient (Wildman–Crippen LogP) is 3.57. The highest BCUT2D eigenvalue weighted by molar-refractivity contribution is 5.98. The first-order chi connectivity index (χ1) is 9.16. The number of H-pyrrole nitrogens is 1. The van der Waals surface area contributed by atoms with Crippen LogP contribution in [0, 0.1) is 0 Å². The summed E-state index contributed by atoms with van der Waals surface area (Å²) in [6.07, 6.45) is 5.36. The molecule has 0 saturated carbocycles. The monoisotopic (exact) mass is 256 g/mol. The van der Waals surface area contributed by atoms with Crippen molar-refractivity contribution in [3.8, 4) is 0 Å². The number of hydrogen-bond donors (Lipinski definition) is 1. The summed E-state index contributed by atoms with van der Waals surface area (Å²) in [6, 6.07) is 8.60. The van der Waals surface area contributed by atoms with Gasteiger partial charge in [0.2, 0.25) is 0 Å². The molecule has 2 unspecified atom stereocenters. The zero-order valence-corrected chi connectivity index (χ0v) is 11.5. The number of carbonyl (C=O) groups is 1. The van der Waals surface area contributed by atoms with Crippen molar-refractivity contribution >= 4 is 16.8 Å². The number of fused-ring (bicyclic) bond motifs is 1. The lowest BCUT2D eigenvalue weighted by Gasteiger charge is -2.39. The van der Waals surface area contributed by atoms with Crippen molar-refractivity contribution in [2.45, 2.75) is 45.2 Å². The van der Waals surface area contributed by atoms with E-state index in [1.807, 2.05) is 30.5 Å². The molecule has 3 nitrogen and oxygen atoms in total. The van der Waals surface area contributed by atoms with E-state index in [4.69, 9.17) is 0 Å². The highest BCUT2D eigenvalue weighted by Gasteiger charge is 2.29. The van der Waals surface area contributed by atoms with E-state index in [0.717, 1.165) is 29.3 Å². The molecule has 0 radical (unpaired) electrons.